The van der Waals surface area contributed by atoms with Crippen LogP contribution in [0, 0.1) is 0 Å². The van der Waals surface area contributed by atoms with Crippen LogP contribution >= 0.6 is 0 Å². The van der Waals surface area contributed by atoms with Gasteiger partial charge >= 0.3 is 5.97 Å². The lowest BCUT2D eigenvalue weighted by molar-refractivity contribution is -0.139. The molecule has 12 heavy (non-hydrogen) atoms. The van der Waals surface area contributed by atoms with Crippen LogP contribution in [-0.2, 0) is 9.53 Å². The molecule has 1 aliphatic rings. The molecule has 1 rings (SSSR count). The molecule has 0 amide bonds. The third kappa shape index (κ3) is 3.07. The molecule has 2 nitrogen and oxygen atoms in total. The second-order valence-corrected chi connectivity index (χ2v) is 3.14. The van der Waals surface area contributed by atoms with Gasteiger partial charge in [0.1, 0.15) is 6.10 Å². The highest BCUT2D eigenvalue weighted by molar-refractivity contribution is 5.71. The fourth-order valence-electron chi connectivity index (χ4n) is 1.25. The van der Waals surface area contributed by atoms with Gasteiger partial charge in [-0.25, -0.2) is 0 Å². The van der Waals surface area contributed by atoms with Crippen molar-refractivity contribution in [1.82, 2.24) is 0 Å². The molecule has 1 unspecified atom stereocenters. The number of allylic oxidation sites excluding steroid dienone is 1. The lowest BCUT2D eigenvalue weighted by Gasteiger charge is -2.00. The summed E-state index contributed by atoms with van der Waals surface area (Å²) >= 11 is 0. The summed E-state index contributed by atoms with van der Waals surface area (Å²) in [5.41, 5.74) is 0. The molecule has 1 aliphatic heterocycles. The summed E-state index contributed by atoms with van der Waals surface area (Å²) in [6.07, 6.45) is 9.18. The number of carbonyl (C=O) groups is 1. The predicted octanol–water partition coefficient (Wildman–Crippen LogP) is 2.44. The zero-order valence-electron chi connectivity index (χ0n) is 7.58. The first-order chi connectivity index (χ1) is 5.83. The van der Waals surface area contributed by atoms with Gasteiger partial charge in [-0.1, -0.05) is 25.8 Å². The molecule has 1 fully saturated rings. The predicted molar refractivity (Wildman–Crippen MR) is 47.8 cm³/mol. The van der Waals surface area contributed by atoms with Crippen molar-refractivity contribution in [3.63, 3.8) is 0 Å². The summed E-state index contributed by atoms with van der Waals surface area (Å²) < 4.78 is 5.02. The molecule has 0 spiro atoms. The number of cyclic esters (lactones) is 1. The normalized spacial score (nSPS) is 23.4. The second-order valence-electron chi connectivity index (χ2n) is 3.14. The van der Waals surface area contributed by atoms with Crippen molar-refractivity contribution < 1.29 is 9.53 Å². The first-order valence-electron chi connectivity index (χ1n) is 4.69. The van der Waals surface area contributed by atoms with E-state index >= 15 is 0 Å². The molecule has 1 heterocycles. The maximum Gasteiger partial charge on any atom is 0.306 e. The Bertz CT molecular complexity index is 173. The van der Waals surface area contributed by atoms with E-state index in [0.29, 0.717) is 6.42 Å². The summed E-state index contributed by atoms with van der Waals surface area (Å²) in [6.45, 7) is 2.17. The molecule has 2 heteroatoms. The molecule has 0 radical (unpaired) electrons. The van der Waals surface area contributed by atoms with Crippen LogP contribution in [0.5, 0.6) is 0 Å². The average molecular weight is 168 g/mol. The summed E-state index contributed by atoms with van der Waals surface area (Å²) in [5, 5.41) is 0. The highest BCUT2D eigenvalue weighted by atomic mass is 16.5. The van der Waals surface area contributed by atoms with Gasteiger partial charge in [0.15, 0.2) is 0 Å². The molecule has 0 saturated carbocycles. The first-order valence-corrected chi connectivity index (χ1v) is 4.69. The highest BCUT2D eigenvalue weighted by Gasteiger charge is 2.19. The molecular formula is C10H16O2. The number of esters is 1. The van der Waals surface area contributed by atoms with Gasteiger partial charge in [-0.2, -0.15) is 0 Å². The summed E-state index contributed by atoms with van der Waals surface area (Å²) in [4.78, 5) is 10.7. The number of ether oxygens (including phenoxy) is 1. The minimum absolute atomic E-state index is 0.0554. The van der Waals surface area contributed by atoms with Crippen LogP contribution in [-0.4, -0.2) is 12.1 Å². The van der Waals surface area contributed by atoms with Gasteiger partial charge in [0.2, 0.25) is 0 Å². The van der Waals surface area contributed by atoms with E-state index in [9.17, 15) is 4.79 Å². The molecule has 1 saturated heterocycles. The Labute approximate surface area is 73.6 Å². The van der Waals surface area contributed by atoms with Gasteiger partial charge in [-0.3, -0.25) is 4.79 Å². The monoisotopic (exact) mass is 168 g/mol. The Morgan fingerprint density at radius 3 is 3.08 bits per heavy atom. The van der Waals surface area contributed by atoms with Crippen molar-refractivity contribution in [3.05, 3.63) is 12.2 Å². The molecule has 68 valence electrons. The average Bonchev–Trinajstić information content (AvgIpc) is 2.45. The number of hydrogen-bond donors (Lipinski definition) is 0. The van der Waals surface area contributed by atoms with E-state index in [0.717, 1.165) is 12.8 Å². The first kappa shape index (κ1) is 9.30. The van der Waals surface area contributed by atoms with Crippen LogP contribution in [0.4, 0.5) is 0 Å². The Morgan fingerprint density at radius 2 is 2.50 bits per heavy atom. The topological polar surface area (TPSA) is 26.3 Å². The number of rotatable bonds is 4. The molecule has 0 bridgehead atoms. The maximum atomic E-state index is 10.7. The molecule has 0 aromatic heterocycles. The van der Waals surface area contributed by atoms with Crippen molar-refractivity contribution in [1.29, 1.82) is 0 Å². The van der Waals surface area contributed by atoms with E-state index in [1.807, 2.05) is 6.08 Å². The largest absolute Gasteiger partial charge is 0.458 e. The molecule has 0 aromatic carbocycles. The van der Waals surface area contributed by atoms with Gasteiger partial charge < -0.3 is 4.74 Å². The van der Waals surface area contributed by atoms with Gasteiger partial charge in [0.05, 0.1) is 0 Å². The minimum atomic E-state index is -0.0554. The molecule has 1 atom stereocenters. The van der Waals surface area contributed by atoms with Crippen molar-refractivity contribution in [2.24, 2.45) is 0 Å². The Balaban J connectivity index is 2.14. The van der Waals surface area contributed by atoms with Crippen molar-refractivity contribution in [2.45, 2.75) is 45.1 Å². The maximum absolute atomic E-state index is 10.7. The standard InChI is InChI=1S/C10H16O2/c1-2-3-4-5-6-9-7-8-10(11)12-9/h5-6,9H,2-4,7-8H2,1H3/b6-5-. The van der Waals surface area contributed by atoms with Crippen LogP contribution in [0.25, 0.3) is 0 Å². The lowest BCUT2D eigenvalue weighted by atomic mass is 10.2. The molecular weight excluding hydrogens is 152 g/mol. The Kier molecular flexibility index (Phi) is 3.85. The fraction of sp³-hybridized carbons (Fsp3) is 0.700. The molecule has 0 aromatic rings. The fourth-order valence-corrected chi connectivity index (χ4v) is 1.25. The van der Waals surface area contributed by atoms with Crippen molar-refractivity contribution >= 4 is 5.97 Å². The van der Waals surface area contributed by atoms with Crippen LogP contribution in [0.15, 0.2) is 12.2 Å². The number of hydrogen-bond acceptors (Lipinski definition) is 2. The van der Waals surface area contributed by atoms with Crippen LogP contribution in [0.3, 0.4) is 0 Å². The van der Waals surface area contributed by atoms with Crippen LogP contribution < -0.4 is 0 Å². The zero-order valence-corrected chi connectivity index (χ0v) is 7.58. The number of carbonyl (C=O) groups excluding carboxylic acids is 1. The van der Waals surface area contributed by atoms with E-state index in [2.05, 4.69) is 13.0 Å². The van der Waals surface area contributed by atoms with Gasteiger partial charge in [0.25, 0.3) is 0 Å². The van der Waals surface area contributed by atoms with Gasteiger partial charge in [-0.05, 0) is 18.9 Å². The van der Waals surface area contributed by atoms with Gasteiger partial charge in [-0.15, -0.1) is 0 Å². The van der Waals surface area contributed by atoms with E-state index in [4.69, 9.17) is 4.74 Å². The van der Waals surface area contributed by atoms with Crippen LogP contribution in [0.2, 0.25) is 0 Å². The van der Waals surface area contributed by atoms with Crippen LogP contribution in [0.1, 0.15) is 39.0 Å². The zero-order chi connectivity index (χ0) is 8.81. The Hall–Kier alpha value is -0.790. The highest BCUT2D eigenvalue weighted by Crippen LogP contribution is 2.14. The summed E-state index contributed by atoms with van der Waals surface area (Å²) in [7, 11) is 0. The molecule has 0 aliphatic carbocycles. The minimum Gasteiger partial charge on any atom is -0.458 e. The quantitative estimate of drug-likeness (QED) is 0.366. The van der Waals surface area contributed by atoms with E-state index in [-0.39, 0.29) is 12.1 Å². The smallest absolute Gasteiger partial charge is 0.306 e. The summed E-state index contributed by atoms with van der Waals surface area (Å²) in [6, 6.07) is 0. The molecule has 0 N–H and O–H groups in total. The Morgan fingerprint density at radius 1 is 1.67 bits per heavy atom. The lowest BCUT2D eigenvalue weighted by Crippen LogP contribution is -2.01. The second kappa shape index (κ2) is 4.96. The van der Waals surface area contributed by atoms with E-state index in [1.165, 1.54) is 12.8 Å². The van der Waals surface area contributed by atoms with E-state index in [1.54, 1.807) is 0 Å². The van der Waals surface area contributed by atoms with Gasteiger partial charge in [0, 0.05) is 6.42 Å². The number of unbranched alkanes of at least 4 members (excludes halogenated alkanes) is 2. The SMILES string of the molecule is CCCC/C=C\C1CCC(=O)O1. The van der Waals surface area contributed by atoms with Crippen molar-refractivity contribution in [3.8, 4) is 0 Å². The van der Waals surface area contributed by atoms with E-state index < -0.39 is 0 Å². The third-order valence-electron chi connectivity index (χ3n) is 1.99. The summed E-state index contributed by atoms with van der Waals surface area (Å²) in [5.74, 6) is -0.0554. The van der Waals surface area contributed by atoms with Crippen molar-refractivity contribution in [2.75, 3.05) is 0 Å². The third-order valence-corrected chi connectivity index (χ3v) is 1.99.